The van der Waals surface area contributed by atoms with Crippen LogP contribution in [0.15, 0.2) is 72.9 Å². The van der Waals surface area contributed by atoms with Gasteiger partial charge in [0, 0.05) is 44.6 Å². The van der Waals surface area contributed by atoms with Crippen LogP contribution < -0.4 is 0 Å². The molecule has 0 aromatic heterocycles. The minimum absolute atomic E-state index is 0.163. The Morgan fingerprint density at radius 1 is 0.443 bits per heavy atom. The molecule has 14 heteroatoms. The molecule has 0 amide bonds. The lowest BCUT2D eigenvalue weighted by Gasteiger charge is -2.63. The Kier molecular flexibility index (Phi) is 28.4. The number of rotatable bonds is 19. The molecule has 15 rings (SSSR count). The SMILES string of the molecule is C=C(C)C(=O)OC(CC)(CC)C12CC3CC(CC(C3)C1)C2.C=C(C)C(=O)OC1(C(C)C)C2CC3CC(C2)CC1C3.C=C(C)C(=O)OC1(CC)C2CC3CC(C2)CC1C3.C=C(C)C(=O)OC1(CC)CCCC1.C=C(C)C(=O)OC1(CC)CCCCC1.C=C(C)C(=O)OC1CSCCO1. The molecule has 14 saturated carbocycles. The maximum atomic E-state index is 12.2. The Balaban J connectivity index is 0.000000166. The summed E-state index contributed by atoms with van der Waals surface area (Å²) in [4.78, 5) is 70.1. The van der Waals surface area contributed by atoms with Crippen molar-refractivity contribution in [2.24, 2.45) is 76.4 Å². The molecule has 1 unspecified atom stereocenters. The quantitative estimate of drug-likeness (QED) is 0.0681. The molecule has 13 nitrogen and oxygen atoms in total. The molecule has 1 heterocycles. The van der Waals surface area contributed by atoms with Gasteiger partial charge in [-0.25, -0.2) is 28.8 Å². The normalized spacial score (nSPS) is 33.5. The van der Waals surface area contributed by atoms with Crippen molar-refractivity contribution in [1.82, 2.24) is 0 Å². The van der Waals surface area contributed by atoms with E-state index in [1.54, 1.807) is 53.3 Å². The van der Waals surface area contributed by atoms with Gasteiger partial charge in [0.1, 0.15) is 28.0 Å². The van der Waals surface area contributed by atoms with Gasteiger partial charge in [-0.05, 0) is 299 Å². The number of esters is 6. The van der Waals surface area contributed by atoms with Crippen LogP contribution in [0.1, 0.15) is 283 Å². The molecule has 14 aliphatic carbocycles. The van der Waals surface area contributed by atoms with Crippen molar-refractivity contribution >= 4 is 47.6 Å². The van der Waals surface area contributed by atoms with E-state index in [9.17, 15) is 28.8 Å². The fraction of sp³-hybridized carbons (Fsp3) is 0.783. The van der Waals surface area contributed by atoms with E-state index in [4.69, 9.17) is 33.2 Å². The Labute approximate surface area is 590 Å². The van der Waals surface area contributed by atoms with Crippen LogP contribution >= 0.6 is 11.8 Å². The summed E-state index contributed by atoms with van der Waals surface area (Å²) >= 11 is 1.72. The molecule has 1 saturated heterocycles. The number of ether oxygens (including phenoxy) is 7. The Morgan fingerprint density at radius 2 is 0.794 bits per heavy atom. The Hall–Kier alpha value is -4.43. The van der Waals surface area contributed by atoms with Crippen molar-refractivity contribution in [3.63, 3.8) is 0 Å². The fourth-order valence-corrected chi connectivity index (χ4v) is 22.0. The molecule has 97 heavy (non-hydrogen) atoms. The molecule has 0 radical (unpaired) electrons. The highest BCUT2D eigenvalue weighted by molar-refractivity contribution is 7.99. The number of hydrogen-bond acceptors (Lipinski definition) is 14. The first-order chi connectivity index (χ1) is 45.8. The first-order valence-electron chi connectivity index (χ1n) is 38.3. The first-order valence-corrected chi connectivity index (χ1v) is 39.5. The Morgan fingerprint density at radius 3 is 1.12 bits per heavy atom. The molecule has 12 bridgehead atoms. The van der Waals surface area contributed by atoms with Crippen molar-refractivity contribution in [3.05, 3.63) is 72.9 Å². The van der Waals surface area contributed by atoms with Gasteiger partial charge in [-0.1, -0.05) is 94.4 Å². The van der Waals surface area contributed by atoms with Crippen LogP contribution in [0.5, 0.6) is 0 Å². The summed E-state index contributed by atoms with van der Waals surface area (Å²) in [5.41, 5.74) is 2.28. The predicted octanol–water partition coefficient (Wildman–Crippen LogP) is 19.8. The van der Waals surface area contributed by atoms with Crippen molar-refractivity contribution in [1.29, 1.82) is 0 Å². The Bertz CT molecular complexity index is 2720. The highest BCUT2D eigenvalue weighted by atomic mass is 32.2. The van der Waals surface area contributed by atoms with E-state index in [1.165, 1.54) is 135 Å². The molecule has 1 atom stereocenters. The molecule has 0 N–H and O–H groups in total. The second kappa shape index (κ2) is 34.5. The fourth-order valence-electron chi connectivity index (χ4n) is 21.2. The summed E-state index contributed by atoms with van der Waals surface area (Å²) in [6.45, 7) is 48.1. The van der Waals surface area contributed by atoms with Crippen LogP contribution in [0.2, 0.25) is 0 Å². The van der Waals surface area contributed by atoms with E-state index in [0.717, 1.165) is 111 Å². The van der Waals surface area contributed by atoms with Crippen molar-refractivity contribution in [2.75, 3.05) is 18.1 Å². The second-order valence-corrected chi connectivity index (χ2v) is 34.2. The maximum Gasteiger partial charge on any atom is 0.335 e. The van der Waals surface area contributed by atoms with E-state index < -0.39 is 0 Å². The zero-order valence-corrected chi connectivity index (χ0v) is 63.6. The van der Waals surface area contributed by atoms with Crippen molar-refractivity contribution < 1.29 is 61.9 Å². The van der Waals surface area contributed by atoms with Gasteiger partial charge in [0.05, 0.1) is 12.4 Å². The van der Waals surface area contributed by atoms with E-state index in [1.807, 2.05) is 0 Å². The van der Waals surface area contributed by atoms with Crippen LogP contribution in [-0.4, -0.2) is 88.2 Å². The van der Waals surface area contributed by atoms with Gasteiger partial charge in [0.2, 0.25) is 6.29 Å². The van der Waals surface area contributed by atoms with E-state index in [-0.39, 0.29) is 75.5 Å². The van der Waals surface area contributed by atoms with Gasteiger partial charge >= 0.3 is 35.8 Å². The van der Waals surface area contributed by atoms with Gasteiger partial charge in [0.15, 0.2) is 0 Å². The highest BCUT2D eigenvalue weighted by Gasteiger charge is 2.63. The lowest BCUT2D eigenvalue weighted by atomic mass is 9.44. The predicted molar refractivity (Wildman–Crippen MR) is 389 cm³/mol. The molecule has 546 valence electrons. The summed E-state index contributed by atoms with van der Waals surface area (Å²) in [6.07, 6.45) is 35.6. The molecule has 1 aliphatic heterocycles. The third kappa shape index (κ3) is 19.0. The van der Waals surface area contributed by atoms with Gasteiger partial charge in [-0.2, -0.15) is 11.8 Å². The van der Waals surface area contributed by atoms with Crippen LogP contribution in [0.25, 0.3) is 0 Å². The largest absolute Gasteiger partial charge is 0.456 e. The van der Waals surface area contributed by atoms with E-state index in [2.05, 4.69) is 87.9 Å². The van der Waals surface area contributed by atoms with Crippen LogP contribution in [0, 0.1) is 76.4 Å². The smallest absolute Gasteiger partial charge is 0.335 e. The molecular formula is C83H130O13S. The average molecular weight is 1370 g/mol. The standard InChI is InChI=1S/C19H30O2.C17H26O2.C16H24O2.C12H20O2.C11H18O2.C8H12O3S/c1-5-19(6-2,21-17(20)13(3)4)18-10-14-7-15(11-18)9-16(8-14)12-18;1-10(2)16(18)19-17(11(3)4)14-6-12-5-13(8-14)9-15(17)7-12;1-4-16(18-15(17)10(2)3)13-6-11-5-12(8-13)9-14(16)7-11;1-4-12(8-6-5-7-9-12)14-11(13)10(2)3;1-4-11(7-5-6-8-11)13-10(12)9(2)3;1-6(2)8(9)11-7-5-12-4-3-10-7/h14-16H,3,5-12H2,1-2,4H3;11-15H,1,5-9H2,2-4H3;11-14H,2,4-9H2,1,3H3;2,4-9H2,1,3H3;2,4-8H2,1,3H3;7H,1,3-5H2,2H3. The minimum Gasteiger partial charge on any atom is -0.456 e. The van der Waals surface area contributed by atoms with Gasteiger partial charge in [-0.15, -0.1) is 0 Å². The van der Waals surface area contributed by atoms with Crippen LogP contribution in [0.4, 0.5) is 0 Å². The van der Waals surface area contributed by atoms with Crippen molar-refractivity contribution in [2.45, 2.75) is 317 Å². The van der Waals surface area contributed by atoms with E-state index >= 15 is 0 Å². The summed E-state index contributed by atoms with van der Waals surface area (Å²) in [7, 11) is 0. The van der Waals surface area contributed by atoms with Crippen molar-refractivity contribution in [3.8, 4) is 0 Å². The molecule has 0 aromatic carbocycles. The topological polar surface area (TPSA) is 167 Å². The maximum absolute atomic E-state index is 12.2. The third-order valence-electron chi connectivity index (χ3n) is 25.7. The third-order valence-corrected chi connectivity index (χ3v) is 26.6. The molecule has 0 aromatic rings. The minimum atomic E-state index is -0.382. The molecule has 15 aliphatic rings. The molecule has 15 fully saturated rings. The average Bonchev–Trinajstić information content (AvgIpc) is 1.13. The summed E-state index contributed by atoms with van der Waals surface area (Å²) < 4.78 is 39.4. The second-order valence-electron chi connectivity index (χ2n) is 33.1. The summed E-state index contributed by atoms with van der Waals surface area (Å²) in [6, 6.07) is 0. The molecular weight excluding hydrogens is 1240 g/mol. The van der Waals surface area contributed by atoms with Crippen LogP contribution in [0.3, 0.4) is 0 Å². The van der Waals surface area contributed by atoms with Gasteiger partial charge < -0.3 is 33.2 Å². The van der Waals surface area contributed by atoms with Gasteiger partial charge in [-0.3, -0.25) is 0 Å². The lowest BCUT2D eigenvalue weighted by molar-refractivity contribution is -0.221. The first kappa shape index (κ1) is 79.9. The molecule has 0 spiro atoms. The lowest BCUT2D eigenvalue weighted by Crippen LogP contribution is -2.62. The zero-order valence-electron chi connectivity index (χ0n) is 62.8. The zero-order chi connectivity index (χ0) is 71.4. The highest BCUT2D eigenvalue weighted by Crippen LogP contribution is 2.67. The number of carbonyl (C=O) groups is 6. The van der Waals surface area contributed by atoms with Gasteiger partial charge in [0.25, 0.3) is 0 Å². The van der Waals surface area contributed by atoms with E-state index in [0.29, 0.717) is 69.6 Å². The number of carbonyl (C=O) groups excluding carboxylic acids is 6. The monoisotopic (exact) mass is 1370 g/mol. The number of thioether (sulfide) groups is 1. The summed E-state index contributed by atoms with van der Waals surface area (Å²) in [5.74, 6) is 9.42. The van der Waals surface area contributed by atoms with Crippen LogP contribution in [-0.2, 0) is 61.9 Å². The number of hydrogen-bond donors (Lipinski definition) is 0. The summed E-state index contributed by atoms with van der Waals surface area (Å²) in [5, 5.41) is 0.